The first kappa shape index (κ1) is 15.4. The van der Waals surface area contributed by atoms with E-state index >= 15 is 0 Å². The van der Waals surface area contributed by atoms with Gasteiger partial charge in [0, 0.05) is 42.9 Å². The zero-order chi connectivity index (χ0) is 16.7. The fourth-order valence-corrected chi connectivity index (χ4v) is 4.09. The van der Waals surface area contributed by atoms with E-state index in [1.807, 2.05) is 19.2 Å². The molecule has 2 aliphatic rings. The van der Waals surface area contributed by atoms with Crippen LogP contribution in [0.5, 0.6) is 11.5 Å². The molecule has 0 amide bonds. The van der Waals surface area contributed by atoms with Gasteiger partial charge in [-0.2, -0.15) is 0 Å². The van der Waals surface area contributed by atoms with E-state index in [0.29, 0.717) is 12.1 Å². The molecule has 3 heterocycles. The molecule has 2 atom stereocenters. The van der Waals surface area contributed by atoms with Crippen LogP contribution in [-0.4, -0.2) is 35.1 Å². The minimum Gasteiger partial charge on any atom is -0.497 e. The molecule has 24 heavy (non-hydrogen) atoms. The molecular weight excluding hydrogens is 302 g/mol. The first-order valence-corrected chi connectivity index (χ1v) is 8.48. The Kier molecular flexibility index (Phi) is 3.88. The molecular formula is C19H23N3O2. The highest BCUT2D eigenvalue weighted by atomic mass is 16.5. The molecule has 5 nitrogen and oxygen atoms in total. The van der Waals surface area contributed by atoms with E-state index in [2.05, 4.69) is 27.0 Å². The van der Waals surface area contributed by atoms with Gasteiger partial charge >= 0.3 is 0 Å². The van der Waals surface area contributed by atoms with Crippen LogP contribution in [0.25, 0.3) is 0 Å². The van der Waals surface area contributed by atoms with Crippen molar-refractivity contribution in [3.8, 4) is 11.5 Å². The van der Waals surface area contributed by atoms with E-state index in [4.69, 9.17) is 9.47 Å². The van der Waals surface area contributed by atoms with Crippen molar-refractivity contribution in [3.05, 3.63) is 47.0 Å². The predicted molar refractivity (Wildman–Crippen MR) is 91.3 cm³/mol. The van der Waals surface area contributed by atoms with Gasteiger partial charge in [0.25, 0.3) is 0 Å². The normalized spacial score (nSPS) is 22.3. The van der Waals surface area contributed by atoms with E-state index < -0.39 is 0 Å². The molecule has 0 radical (unpaired) electrons. The number of hydrogen-bond donors (Lipinski definition) is 0. The van der Waals surface area contributed by atoms with Crippen LogP contribution in [0.4, 0.5) is 0 Å². The van der Waals surface area contributed by atoms with Gasteiger partial charge in [-0.15, -0.1) is 0 Å². The number of benzene rings is 1. The fraction of sp³-hybridized carbons (Fsp3) is 0.474. The SMILES string of the molecule is COc1cc(CN2[C@H]3CC[C@@H]2c2cnc(C)nc2C3)cc(OC)c1. The van der Waals surface area contributed by atoms with Crippen LogP contribution < -0.4 is 9.47 Å². The molecule has 2 aromatic rings. The first-order valence-electron chi connectivity index (χ1n) is 8.48. The van der Waals surface area contributed by atoms with Crippen LogP contribution >= 0.6 is 0 Å². The highest BCUT2D eigenvalue weighted by molar-refractivity contribution is 5.39. The summed E-state index contributed by atoms with van der Waals surface area (Å²) in [6, 6.07) is 7.11. The van der Waals surface area contributed by atoms with Crippen molar-refractivity contribution in [2.45, 2.75) is 44.8 Å². The van der Waals surface area contributed by atoms with Gasteiger partial charge in [0.1, 0.15) is 17.3 Å². The molecule has 1 aromatic heterocycles. The molecule has 5 heteroatoms. The van der Waals surface area contributed by atoms with Crippen molar-refractivity contribution in [3.63, 3.8) is 0 Å². The molecule has 1 fully saturated rings. The lowest BCUT2D eigenvalue weighted by molar-refractivity contribution is 0.165. The van der Waals surface area contributed by atoms with Crippen LogP contribution in [0.15, 0.2) is 24.4 Å². The van der Waals surface area contributed by atoms with E-state index in [-0.39, 0.29) is 0 Å². The third-order valence-corrected chi connectivity index (χ3v) is 5.23. The molecule has 1 aromatic carbocycles. The number of hydrogen-bond acceptors (Lipinski definition) is 5. The lowest BCUT2D eigenvalue weighted by Crippen LogP contribution is -2.37. The average Bonchev–Trinajstić information content (AvgIpc) is 2.87. The molecule has 2 aliphatic heterocycles. The van der Waals surface area contributed by atoms with E-state index in [9.17, 15) is 0 Å². The van der Waals surface area contributed by atoms with Crippen LogP contribution in [0, 0.1) is 6.92 Å². The highest BCUT2D eigenvalue weighted by Crippen LogP contribution is 2.44. The maximum absolute atomic E-state index is 5.41. The van der Waals surface area contributed by atoms with Crippen molar-refractivity contribution < 1.29 is 9.47 Å². The Hall–Kier alpha value is -2.14. The Morgan fingerprint density at radius 2 is 1.88 bits per heavy atom. The summed E-state index contributed by atoms with van der Waals surface area (Å²) >= 11 is 0. The summed E-state index contributed by atoms with van der Waals surface area (Å²) in [5.74, 6) is 2.56. The maximum Gasteiger partial charge on any atom is 0.125 e. The monoisotopic (exact) mass is 325 g/mol. The number of ether oxygens (including phenoxy) is 2. The van der Waals surface area contributed by atoms with Crippen molar-refractivity contribution >= 4 is 0 Å². The number of fused-ring (bicyclic) bond motifs is 4. The summed E-state index contributed by atoms with van der Waals surface area (Å²) in [5, 5.41) is 0. The number of methoxy groups -OCH3 is 2. The van der Waals surface area contributed by atoms with Crippen LogP contribution in [0.3, 0.4) is 0 Å². The number of rotatable bonds is 4. The van der Waals surface area contributed by atoms with Crippen molar-refractivity contribution in [1.29, 1.82) is 0 Å². The second-order valence-corrected chi connectivity index (χ2v) is 6.66. The first-order chi connectivity index (χ1) is 11.7. The molecule has 0 aliphatic carbocycles. The standard InChI is InChI=1S/C19H23N3O2/c1-12-20-10-17-18(21-12)8-14-4-5-19(17)22(14)11-13-6-15(23-2)9-16(7-13)24-3/h6-7,9-10,14,19H,4-5,8,11H2,1-3H3/t14-,19+/m0/s1. The molecule has 0 unspecified atom stereocenters. The van der Waals surface area contributed by atoms with E-state index in [1.165, 1.54) is 29.7 Å². The minimum atomic E-state index is 0.427. The predicted octanol–water partition coefficient (Wildman–Crippen LogP) is 3.06. The maximum atomic E-state index is 5.41. The van der Waals surface area contributed by atoms with E-state index in [0.717, 1.165) is 30.3 Å². The Morgan fingerprint density at radius 1 is 1.12 bits per heavy atom. The summed E-state index contributed by atoms with van der Waals surface area (Å²) in [4.78, 5) is 11.7. The zero-order valence-electron chi connectivity index (χ0n) is 14.5. The molecule has 4 rings (SSSR count). The molecule has 1 saturated heterocycles. The van der Waals surface area contributed by atoms with E-state index in [1.54, 1.807) is 14.2 Å². The Labute approximate surface area is 142 Å². The summed E-state index contributed by atoms with van der Waals surface area (Å²) in [5.41, 5.74) is 3.78. The summed E-state index contributed by atoms with van der Waals surface area (Å²) < 4.78 is 10.8. The minimum absolute atomic E-state index is 0.427. The highest BCUT2D eigenvalue weighted by Gasteiger charge is 2.40. The summed E-state index contributed by atoms with van der Waals surface area (Å²) in [6.45, 7) is 2.87. The Balaban J connectivity index is 1.63. The Bertz CT molecular complexity index is 740. The Morgan fingerprint density at radius 3 is 2.58 bits per heavy atom. The van der Waals surface area contributed by atoms with Gasteiger partial charge in [0.2, 0.25) is 0 Å². The van der Waals surface area contributed by atoms with Gasteiger partial charge < -0.3 is 9.47 Å². The fourth-order valence-electron chi connectivity index (χ4n) is 4.09. The summed E-state index contributed by atoms with van der Waals surface area (Å²) in [7, 11) is 3.39. The van der Waals surface area contributed by atoms with Gasteiger partial charge in [-0.05, 0) is 37.5 Å². The lowest BCUT2D eigenvalue weighted by atomic mass is 9.98. The smallest absolute Gasteiger partial charge is 0.125 e. The number of nitrogens with zero attached hydrogens (tertiary/aromatic N) is 3. The molecule has 126 valence electrons. The third-order valence-electron chi connectivity index (χ3n) is 5.23. The van der Waals surface area contributed by atoms with Gasteiger partial charge in [-0.25, -0.2) is 9.97 Å². The van der Waals surface area contributed by atoms with Crippen molar-refractivity contribution in [2.24, 2.45) is 0 Å². The average molecular weight is 325 g/mol. The van der Waals surface area contributed by atoms with Crippen molar-refractivity contribution in [2.75, 3.05) is 14.2 Å². The van der Waals surface area contributed by atoms with Gasteiger partial charge in [-0.1, -0.05) is 0 Å². The van der Waals surface area contributed by atoms with Crippen molar-refractivity contribution in [1.82, 2.24) is 14.9 Å². The molecule has 2 bridgehead atoms. The quantitative estimate of drug-likeness (QED) is 0.864. The lowest BCUT2D eigenvalue weighted by Gasteiger charge is -2.35. The molecule has 0 saturated carbocycles. The van der Waals surface area contributed by atoms with Crippen LogP contribution in [-0.2, 0) is 13.0 Å². The van der Waals surface area contributed by atoms with Gasteiger partial charge in [0.15, 0.2) is 0 Å². The topological polar surface area (TPSA) is 47.5 Å². The number of aryl methyl sites for hydroxylation is 1. The van der Waals surface area contributed by atoms with Gasteiger partial charge in [-0.3, -0.25) is 4.90 Å². The third kappa shape index (κ3) is 2.63. The van der Waals surface area contributed by atoms with Crippen LogP contribution in [0.2, 0.25) is 0 Å². The molecule has 0 spiro atoms. The molecule has 0 N–H and O–H groups in total. The van der Waals surface area contributed by atoms with Crippen LogP contribution in [0.1, 0.15) is 41.5 Å². The van der Waals surface area contributed by atoms with Gasteiger partial charge in [0.05, 0.1) is 19.9 Å². The second kappa shape index (κ2) is 6.06. The second-order valence-electron chi connectivity index (χ2n) is 6.66. The zero-order valence-corrected chi connectivity index (χ0v) is 14.5. The summed E-state index contributed by atoms with van der Waals surface area (Å²) in [6.07, 6.45) is 5.46. The largest absolute Gasteiger partial charge is 0.497 e. The number of aromatic nitrogens is 2.